The Balaban J connectivity index is 1.70. The van der Waals surface area contributed by atoms with Crippen LogP contribution in [0.15, 0.2) is 24.3 Å². The maximum absolute atomic E-state index is 6.20. The van der Waals surface area contributed by atoms with Gasteiger partial charge in [-0.3, -0.25) is 4.90 Å². The summed E-state index contributed by atoms with van der Waals surface area (Å²) in [5.74, 6) is 1.18. The second kappa shape index (κ2) is 4.82. The maximum atomic E-state index is 6.20. The molecule has 4 nitrogen and oxygen atoms in total. The van der Waals surface area contributed by atoms with Crippen molar-refractivity contribution >= 4 is 11.0 Å². The predicted molar refractivity (Wildman–Crippen MR) is 85.0 cm³/mol. The molecule has 0 saturated carbocycles. The minimum absolute atomic E-state index is 0.368. The van der Waals surface area contributed by atoms with Gasteiger partial charge in [-0.15, -0.1) is 0 Å². The summed E-state index contributed by atoms with van der Waals surface area (Å²) in [5.41, 5.74) is 8.52. The quantitative estimate of drug-likeness (QED) is 0.922. The van der Waals surface area contributed by atoms with E-state index in [1.165, 1.54) is 24.2 Å². The monoisotopic (exact) mass is 284 g/mol. The standard InChI is InChI=1S/C17H24N4/c1-11(21-13-7-8-14(21)10-12(18)9-13)17-19-15-5-3-4-6-16(15)20(17)2/h3-6,11-14H,7-10,18H2,1-2H3. The van der Waals surface area contributed by atoms with Crippen LogP contribution in [0.1, 0.15) is 44.5 Å². The minimum atomic E-state index is 0.368. The van der Waals surface area contributed by atoms with Crippen LogP contribution in [0.3, 0.4) is 0 Å². The van der Waals surface area contributed by atoms with Crippen LogP contribution in [0, 0.1) is 0 Å². The van der Waals surface area contributed by atoms with Crippen molar-refractivity contribution in [3.63, 3.8) is 0 Å². The number of aryl methyl sites for hydroxylation is 1. The van der Waals surface area contributed by atoms with Crippen molar-refractivity contribution in [2.75, 3.05) is 0 Å². The van der Waals surface area contributed by atoms with Crippen molar-refractivity contribution in [2.24, 2.45) is 12.8 Å². The van der Waals surface area contributed by atoms with Gasteiger partial charge in [-0.2, -0.15) is 0 Å². The van der Waals surface area contributed by atoms with Crippen LogP contribution < -0.4 is 5.73 Å². The summed E-state index contributed by atoms with van der Waals surface area (Å²) in [4.78, 5) is 7.58. The van der Waals surface area contributed by atoms with Gasteiger partial charge < -0.3 is 10.3 Å². The van der Waals surface area contributed by atoms with Crippen LogP contribution in [-0.2, 0) is 7.05 Å². The third-order valence-corrected chi connectivity index (χ3v) is 5.47. The largest absolute Gasteiger partial charge is 0.330 e. The van der Waals surface area contributed by atoms with Crippen molar-refractivity contribution < 1.29 is 0 Å². The molecule has 1 aromatic heterocycles. The van der Waals surface area contributed by atoms with Gasteiger partial charge in [-0.05, 0) is 44.7 Å². The minimum Gasteiger partial charge on any atom is -0.330 e. The second-order valence-corrected chi connectivity index (χ2v) is 6.76. The summed E-state index contributed by atoms with van der Waals surface area (Å²) in [6.07, 6.45) is 4.88. The average molecular weight is 284 g/mol. The van der Waals surface area contributed by atoms with E-state index in [1.807, 2.05) is 0 Å². The van der Waals surface area contributed by atoms with Crippen LogP contribution in [0.5, 0.6) is 0 Å². The topological polar surface area (TPSA) is 47.1 Å². The van der Waals surface area contributed by atoms with Gasteiger partial charge in [-0.1, -0.05) is 12.1 Å². The Bertz CT molecular complexity index is 648. The molecular weight excluding hydrogens is 260 g/mol. The number of piperidine rings is 1. The normalized spacial score (nSPS) is 30.9. The molecule has 2 N–H and O–H groups in total. The lowest BCUT2D eigenvalue weighted by atomic mass is 9.96. The molecule has 0 radical (unpaired) electrons. The van der Waals surface area contributed by atoms with Crippen LogP contribution in [0.4, 0.5) is 0 Å². The lowest BCUT2D eigenvalue weighted by Crippen LogP contribution is -2.48. The van der Waals surface area contributed by atoms with Gasteiger partial charge in [0.1, 0.15) is 5.82 Å². The van der Waals surface area contributed by atoms with E-state index < -0.39 is 0 Å². The number of aromatic nitrogens is 2. The number of rotatable bonds is 2. The second-order valence-electron chi connectivity index (χ2n) is 6.76. The Morgan fingerprint density at radius 1 is 1.19 bits per heavy atom. The van der Waals surface area contributed by atoms with Crippen LogP contribution in [-0.4, -0.2) is 32.6 Å². The third kappa shape index (κ3) is 2.00. The van der Waals surface area contributed by atoms with E-state index in [0.717, 1.165) is 18.4 Å². The van der Waals surface area contributed by atoms with Crippen LogP contribution in [0.2, 0.25) is 0 Å². The maximum Gasteiger partial charge on any atom is 0.126 e. The summed E-state index contributed by atoms with van der Waals surface area (Å²) in [6, 6.07) is 10.5. The molecule has 3 atom stereocenters. The number of hydrogen-bond acceptors (Lipinski definition) is 3. The smallest absolute Gasteiger partial charge is 0.126 e. The number of para-hydroxylation sites is 2. The number of imidazole rings is 1. The van der Waals surface area contributed by atoms with Crippen molar-refractivity contribution in [1.29, 1.82) is 0 Å². The van der Waals surface area contributed by atoms with Gasteiger partial charge in [0, 0.05) is 25.2 Å². The molecule has 2 aliphatic rings. The highest BCUT2D eigenvalue weighted by Gasteiger charge is 2.43. The van der Waals surface area contributed by atoms with Gasteiger partial charge in [0.15, 0.2) is 0 Å². The fourth-order valence-corrected chi connectivity index (χ4v) is 4.56. The van der Waals surface area contributed by atoms with Crippen molar-refractivity contribution in [3.8, 4) is 0 Å². The summed E-state index contributed by atoms with van der Waals surface area (Å²) >= 11 is 0. The lowest BCUT2D eigenvalue weighted by molar-refractivity contribution is 0.0802. The first-order valence-electron chi connectivity index (χ1n) is 8.09. The summed E-state index contributed by atoms with van der Waals surface area (Å²) in [6.45, 7) is 2.31. The summed E-state index contributed by atoms with van der Waals surface area (Å²) in [7, 11) is 2.14. The number of fused-ring (bicyclic) bond motifs is 3. The van der Waals surface area contributed by atoms with Crippen molar-refractivity contribution in [3.05, 3.63) is 30.1 Å². The molecule has 112 valence electrons. The number of nitrogens with zero attached hydrogens (tertiary/aromatic N) is 3. The Labute approximate surface area is 125 Å². The molecular formula is C17H24N4. The highest BCUT2D eigenvalue weighted by Crippen LogP contribution is 2.41. The average Bonchev–Trinajstić information content (AvgIpc) is 2.95. The highest BCUT2D eigenvalue weighted by atomic mass is 15.3. The molecule has 0 aliphatic carbocycles. The van der Waals surface area contributed by atoms with Crippen LogP contribution in [0.25, 0.3) is 11.0 Å². The Morgan fingerprint density at radius 2 is 1.86 bits per heavy atom. The van der Waals surface area contributed by atoms with Crippen LogP contribution >= 0.6 is 0 Å². The molecule has 0 spiro atoms. The van der Waals surface area contributed by atoms with E-state index in [4.69, 9.17) is 10.7 Å². The number of hydrogen-bond donors (Lipinski definition) is 1. The van der Waals surface area contributed by atoms with E-state index >= 15 is 0 Å². The molecule has 0 amide bonds. The Morgan fingerprint density at radius 3 is 2.52 bits per heavy atom. The van der Waals surface area contributed by atoms with E-state index in [9.17, 15) is 0 Å². The predicted octanol–water partition coefficient (Wildman–Crippen LogP) is 2.59. The molecule has 2 bridgehead atoms. The lowest BCUT2D eigenvalue weighted by Gasteiger charge is -2.41. The molecule has 4 rings (SSSR count). The van der Waals surface area contributed by atoms with E-state index in [2.05, 4.69) is 47.7 Å². The SMILES string of the molecule is CC(c1nc2ccccc2n1C)N1C2CCC1CC(N)C2. The van der Waals surface area contributed by atoms with Crippen molar-refractivity contribution in [2.45, 2.75) is 56.8 Å². The van der Waals surface area contributed by atoms with E-state index in [-0.39, 0.29) is 0 Å². The molecule has 21 heavy (non-hydrogen) atoms. The molecule has 2 aliphatic heterocycles. The molecule has 1 aromatic carbocycles. The first kappa shape index (κ1) is 13.3. The zero-order chi connectivity index (χ0) is 14.6. The van der Waals surface area contributed by atoms with E-state index in [1.54, 1.807) is 0 Å². The Kier molecular flexibility index (Phi) is 3.05. The fourth-order valence-electron chi connectivity index (χ4n) is 4.56. The summed E-state index contributed by atoms with van der Waals surface area (Å²) in [5, 5.41) is 0. The van der Waals surface area contributed by atoms with E-state index in [0.29, 0.717) is 24.2 Å². The molecule has 2 saturated heterocycles. The zero-order valence-electron chi connectivity index (χ0n) is 12.9. The molecule has 4 heteroatoms. The number of nitrogens with two attached hydrogens (primary N) is 1. The number of benzene rings is 1. The zero-order valence-corrected chi connectivity index (χ0v) is 12.9. The fraction of sp³-hybridized carbons (Fsp3) is 0.588. The van der Waals surface area contributed by atoms with Gasteiger partial charge in [0.05, 0.1) is 17.1 Å². The first-order chi connectivity index (χ1) is 10.1. The molecule has 2 aromatic rings. The van der Waals surface area contributed by atoms with Gasteiger partial charge in [0.25, 0.3) is 0 Å². The first-order valence-corrected chi connectivity index (χ1v) is 8.09. The van der Waals surface area contributed by atoms with Crippen molar-refractivity contribution in [1.82, 2.24) is 14.5 Å². The van der Waals surface area contributed by atoms with Gasteiger partial charge in [0.2, 0.25) is 0 Å². The third-order valence-electron chi connectivity index (χ3n) is 5.47. The van der Waals surface area contributed by atoms with Gasteiger partial charge >= 0.3 is 0 Å². The van der Waals surface area contributed by atoms with Gasteiger partial charge in [-0.25, -0.2) is 4.98 Å². The molecule has 3 heterocycles. The Hall–Kier alpha value is -1.39. The summed E-state index contributed by atoms with van der Waals surface area (Å²) < 4.78 is 2.26. The highest BCUT2D eigenvalue weighted by molar-refractivity contribution is 5.75. The molecule has 3 unspecified atom stereocenters. The molecule has 2 fully saturated rings.